The van der Waals surface area contributed by atoms with Gasteiger partial charge in [-0.15, -0.1) is 0 Å². The van der Waals surface area contributed by atoms with Crippen LogP contribution in [0.1, 0.15) is 213 Å². The first kappa shape index (κ1) is 38.9. The van der Waals surface area contributed by atoms with Gasteiger partial charge in [-0.3, -0.25) is 0 Å². The Kier molecular flexibility index (Phi) is 28.4. The Labute approximate surface area is 258 Å². The summed E-state index contributed by atoms with van der Waals surface area (Å²) in [6.07, 6.45) is 41.8. The van der Waals surface area contributed by atoms with E-state index in [-0.39, 0.29) is 12.7 Å². The van der Waals surface area contributed by atoms with E-state index in [0.717, 1.165) is 45.3 Å². The molecule has 1 rings (SSSR count). The largest absolute Gasteiger partial charge is 0.393 e. The Bertz CT molecular complexity index is 510. The Hall–Kier alpha value is -0.120. The molecule has 1 fully saturated rings. The molecular weight excluding hydrogens is 504 g/mol. The normalized spacial score (nSPS) is 19.0. The molecule has 41 heavy (non-hydrogen) atoms. The van der Waals surface area contributed by atoms with Gasteiger partial charge in [-0.2, -0.15) is 0 Å². The van der Waals surface area contributed by atoms with Crippen LogP contribution in [0, 0.1) is 0 Å². The van der Waals surface area contributed by atoms with Crippen molar-refractivity contribution in [2.45, 2.75) is 225 Å². The van der Waals surface area contributed by atoms with Crippen molar-refractivity contribution < 1.29 is 14.6 Å². The highest BCUT2D eigenvalue weighted by Crippen LogP contribution is 2.36. The van der Waals surface area contributed by atoms with Crippen molar-refractivity contribution in [3.05, 3.63) is 0 Å². The second-order valence-corrected chi connectivity index (χ2v) is 13.5. The topological polar surface area (TPSA) is 38.7 Å². The molecule has 2 atom stereocenters. The fourth-order valence-corrected chi connectivity index (χ4v) is 6.73. The van der Waals surface area contributed by atoms with Gasteiger partial charge in [0.15, 0.2) is 0 Å². The second-order valence-electron chi connectivity index (χ2n) is 13.5. The Morgan fingerprint density at radius 2 is 0.829 bits per heavy atom. The van der Waals surface area contributed by atoms with Crippen molar-refractivity contribution in [1.29, 1.82) is 0 Å². The molecule has 0 aromatic heterocycles. The maximum Gasteiger partial charge on any atom is 0.117 e. The van der Waals surface area contributed by atoms with Crippen molar-refractivity contribution in [2.75, 3.05) is 19.8 Å². The number of hydrogen-bond acceptors (Lipinski definition) is 3. The third-order valence-electron chi connectivity index (χ3n) is 9.63. The fraction of sp³-hybridized carbons (Fsp3) is 1.00. The Balaban J connectivity index is 1.93. The van der Waals surface area contributed by atoms with Crippen molar-refractivity contribution in [3.8, 4) is 0 Å². The minimum atomic E-state index is -0.438. The summed E-state index contributed by atoms with van der Waals surface area (Å²) in [6, 6.07) is 0. The van der Waals surface area contributed by atoms with E-state index in [1.165, 1.54) is 167 Å². The average molecular weight is 581 g/mol. The number of ether oxygens (including phenoxy) is 2. The van der Waals surface area contributed by atoms with Crippen LogP contribution in [0.25, 0.3) is 0 Å². The van der Waals surface area contributed by atoms with E-state index in [2.05, 4.69) is 13.8 Å². The first-order valence-corrected chi connectivity index (χ1v) is 19.2. The standard InChI is InChI=1S/C38H76O3/c1-3-5-7-9-11-13-15-17-19-21-23-25-27-29-34-40-37-32-31-33-38(37,36-39)41-35-30-28-26-24-22-20-18-16-14-12-10-8-6-4-2/h37,39H,3-36H2,1-2H3/t37-,38+/m0/s1. The summed E-state index contributed by atoms with van der Waals surface area (Å²) >= 11 is 0. The Morgan fingerprint density at radius 1 is 0.488 bits per heavy atom. The number of aliphatic hydroxyl groups is 1. The van der Waals surface area contributed by atoms with Gasteiger partial charge in [0, 0.05) is 13.2 Å². The first-order chi connectivity index (χ1) is 20.3. The number of rotatable bonds is 33. The molecule has 0 spiro atoms. The second kappa shape index (κ2) is 29.9. The summed E-state index contributed by atoms with van der Waals surface area (Å²) in [5.41, 5.74) is -0.438. The van der Waals surface area contributed by atoms with Crippen molar-refractivity contribution in [1.82, 2.24) is 0 Å². The van der Waals surface area contributed by atoms with E-state index in [1.807, 2.05) is 0 Å². The van der Waals surface area contributed by atoms with Crippen molar-refractivity contribution in [3.63, 3.8) is 0 Å². The zero-order valence-corrected chi connectivity index (χ0v) is 28.4. The van der Waals surface area contributed by atoms with Gasteiger partial charge in [-0.05, 0) is 32.1 Å². The highest BCUT2D eigenvalue weighted by molar-refractivity contribution is 4.95. The molecule has 0 aliphatic heterocycles. The number of unbranched alkanes of at least 4 members (excludes halogenated alkanes) is 26. The molecule has 0 unspecified atom stereocenters. The lowest BCUT2D eigenvalue weighted by Crippen LogP contribution is -2.46. The van der Waals surface area contributed by atoms with Crippen LogP contribution in [0.2, 0.25) is 0 Å². The van der Waals surface area contributed by atoms with E-state index >= 15 is 0 Å². The molecule has 0 bridgehead atoms. The quantitative estimate of drug-likeness (QED) is 0.0784. The van der Waals surface area contributed by atoms with E-state index in [1.54, 1.807) is 0 Å². The molecule has 1 N–H and O–H groups in total. The molecule has 246 valence electrons. The fourth-order valence-electron chi connectivity index (χ4n) is 6.73. The molecule has 0 radical (unpaired) electrons. The summed E-state index contributed by atoms with van der Waals surface area (Å²) in [5.74, 6) is 0. The van der Waals surface area contributed by atoms with E-state index in [9.17, 15) is 5.11 Å². The third-order valence-corrected chi connectivity index (χ3v) is 9.63. The smallest absolute Gasteiger partial charge is 0.117 e. The molecule has 3 heteroatoms. The molecular formula is C38H76O3. The van der Waals surface area contributed by atoms with Crippen molar-refractivity contribution in [2.24, 2.45) is 0 Å². The molecule has 0 heterocycles. The van der Waals surface area contributed by atoms with Gasteiger partial charge in [0.05, 0.1) is 12.7 Å². The van der Waals surface area contributed by atoms with Gasteiger partial charge < -0.3 is 14.6 Å². The zero-order valence-electron chi connectivity index (χ0n) is 28.4. The maximum absolute atomic E-state index is 10.2. The van der Waals surface area contributed by atoms with Gasteiger partial charge in [-0.1, -0.05) is 181 Å². The zero-order chi connectivity index (χ0) is 29.5. The lowest BCUT2D eigenvalue weighted by molar-refractivity contribution is -0.152. The predicted molar refractivity (Wildman–Crippen MR) is 180 cm³/mol. The van der Waals surface area contributed by atoms with Crippen LogP contribution in [0.3, 0.4) is 0 Å². The van der Waals surface area contributed by atoms with Gasteiger partial charge in [-0.25, -0.2) is 0 Å². The van der Waals surface area contributed by atoms with Crippen LogP contribution in [0.5, 0.6) is 0 Å². The molecule has 0 amide bonds. The molecule has 1 aliphatic carbocycles. The molecule has 1 saturated carbocycles. The number of aliphatic hydroxyl groups excluding tert-OH is 1. The molecule has 0 saturated heterocycles. The van der Waals surface area contributed by atoms with Crippen LogP contribution >= 0.6 is 0 Å². The molecule has 0 aromatic carbocycles. The van der Waals surface area contributed by atoms with Crippen LogP contribution in [-0.2, 0) is 9.47 Å². The molecule has 3 nitrogen and oxygen atoms in total. The van der Waals surface area contributed by atoms with Crippen LogP contribution in [0.15, 0.2) is 0 Å². The minimum Gasteiger partial charge on any atom is -0.393 e. The van der Waals surface area contributed by atoms with Gasteiger partial charge in [0.2, 0.25) is 0 Å². The average Bonchev–Trinajstić information content (AvgIpc) is 3.39. The lowest BCUT2D eigenvalue weighted by atomic mass is 10.0. The minimum absolute atomic E-state index is 0.0844. The van der Waals surface area contributed by atoms with E-state index in [0.29, 0.717) is 0 Å². The van der Waals surface area contributed by atoms with Crippen molar-refractivity contribution >= 4 is 0 Å². The Morgan fingerprint density at radius 3 is 1.20 bits per heavy atom. The monoisotopic (exact) mass is 581 g/mol. The summed E-state index contributed by atoms with van der Waals surface area (Å²) in [5, 5.41) is 10.2. The summed E-state index contributed by atoms with van der Waals surface area (Å²) < 4.78 is 12.7. The maximum atomic E-state index is 10.2. The SMILES string of the molecule is CCCCCCCCCCCCCCCCO[C@H]1CCC[C@]1(CO)OCCCCCCCCCCCCCCCC. The summed E-state index contributed by atoms with van der Waals surface area (Å²) in [7, 11) is 0. The molecule has 1 aliphatic rings. The van der Waals surface area contributed by atoms with Crippen LogP contribution in [-0.4, -0.2) is 36.6 Å². The highest BCUT2D eigenvalue weighted by atomic mass is 16.6. The number of hydrogen-bond donors (Lipinski definition) is 1. The summed E-state index contributed by atoms with van der Waals surface area (Å²) in [4.78, 5) is 0. The summed E-state index contributed by atoms with van der Waals surface area (Å²) in [6.45, 7) is 6.29. The molecule has 0 aromatic rings. The highest BCUT2D eigenvalue weighted by Gasteiger charge is 2.44. The van der Waals surface area contributed by atoms with Gasteiger partial charge in [0.1, 0.15) is 5.60 Å². The van der Waals surface area contributed by atoms with Gasteiger partial charge >= 0.3 is 0 Å². The van der Waals surface area contributed by atoms with E-state index in [4.69, 9.17) is 9.47 Å². The van der Waals surface area contributed by atoms with E-state index < -0.39 is 5.60 Å². The van der Waals surface area contributed by atoms with Gasteiger partial charge in [0.25, 0.3) is 0 Å². The first-order valence-electron chi connectivity index (χ1n) is 19.2. The van der Waals surface area contributed by atoms with Crippen LogP contribution < -0.4 is 0 Å². The predicted octanol–water partition coefficient (Wildman–Crippen LogP) is 12.3. The lowest BCUT2D eigenvalue weighted by Gasteiger charge is -2.34. The third kappa shape index (κ3) is 22.1. The van der Waals surface area contributed by atoms with Crippen LogP contribution in [0.4, 0.5) is 0 Å².